The molecule has 3 aromatic carbocycles. The molecule has 0 fully saturated rings. The molecule has 2 amide bonds. The molecule has 0 heterocycles. The Balaban J connectivity index is 1.63. The highest BCUT2D eigenvalue weighted by molar-refractivity contribution is 6.04. The molecule has 0 saturated carbocycles. The molecule has 0 spiro atoms. The standard InChI is InChI=1S/C25H23N3O3/c1-17(2)27-24(29)18-10-12-22(13-11-18)28-25(30)19-8-5-9-23(14-19)31-16-21-7-4-3-6-20(21)15-26/h3-14,17H,16H2,1-2H3,(H,27,29)(H,28,30). The lowest BCUT2D eigenvalue weighted by Gasteiger charge is -2.11. The summed E-state index contributed by atoms with van der Waals surface area (Å²) in [5.74, 6) is 0.0825. The maximum absolute atomic E-state index is 12.6. The summed E-state index contributed by atoms with van der Waals surface area (Å²) in [5, 5.41) is 14.8. The number of anilines is 1. The molecule has 0 aromatic heterocycles. The first kappa shape index (κ1) is 21.6. The summed E-state index contributed by atoms with van der Waals surface area (Å²) in [4.78, 5) is 24.6. The van der Waals surface area contributed by atoms with Crippen molar-refractivity contribution in [3.8, 4) is 11.8 Å². The van der Waals surface area contributed by atoms with Gasteiger partial charge >= 0.3 is 0 Å². The Hall–Kier alpha value is -4.11. The van der Waals surface area contributed by atoms with Gasteiger partial charge in [-0.3, -0.25) is 9.59 Å². The first-order valence-corrected chi connectivity index (χ1v) is 9.89. The van der Waals surface area contributed by atoms with E-state index in [1.807, 2.05) is 26.0 Å². The second-order valence-electron chi connectivity index (χ2n) is 7.25. The molecule has 0 radical (unpaired) electrons. The Kier molecular flexibility index (Phi) is 7.02. The van der Waals surface area contributed by atoms with Crippen LogP contribution in [0.15, 0.2) is 72.8 Å². The number of hydrogen-bond acceptors (Lipinski definition) is 4. The third kappa shape index (κ3) is 5.94. The number of nitrogens with zero attached hydrogens (tertiary/aromatic N) is 1. The van der Waals surface area contributed by atoms with Crippen LogP contribution in [0.25, 0.3) is 0 Å². The smallest absolute Gasteiger partial charge is 0.255 e. The quantitative estimate of drug-likeness (QED) is 0.595. The van der Waals surface area contributed by atoms with Crippen molar-refractivity contribution in [3.63, 3.8) is 0 Å². The van der Waals surface area contributed by atoms with Crippen LogP contribution in [0, 0.1) is 11.3 Å². The van der Waals surface area contributed by atoms with Crippen LogP contribution in [-0.4, -0.2) is 17.9 Å². The van der Waals surface area contributed by atoms with Gasteiger partial charge in [0, 0.05) is 28.4 Å². The van der Waals surface area contributed by atoms with Gasteiger partial charge < -0.3 is 15.4 Å². The van der Waals surface area contributed by atoms with Crippen LogP contribution in [0.4, 0.5) is 5.69 Å². The van der Waals surface area contributed by atoms with Crippen LogP contribution >= 0.6 is 0 Å². The van der Waals surface area contributed by atoms with Gasteiger partial charge in [-0.05, 0) is 62.4 Å². The number of amides is 2. The minimum Gasteiger partial charge on any atom is -0.489 e. The molecule has 0 aliphatic carbocycles. The van der Waals surface area contributed by atoms with Gasteiger partial charge in [-0.25, -0.2) is 0 Å². The molecular weight excluding hydrogens is 390 g/mol. The molecular formula is C25H23N3O3. The molecule has 156 valence electrons. The summed E-state index contributed by atoms with van der Waals surface area (Å²) >= 11 is 0. The Morgan fingerprint density at radius 2 is 1.68 bits per heavy atom. The number of carbonyl (C=O) groups is 2. The monoisotopic (exact) mass is 413 g/mol. The summed E-state index contributed by atoms with van der Waals surface area (Å²) in [6.45, 7) is 4.02. The van der Waals surface area contributed by atoms with Crippen LogP contribution in [0.3, 0.4) is 0 Å². The normalized spacial score (nSPS) is 10.3. The molecule has 0 unspecified atom stereocenters. The fourth-order valence-electron chi connectivity index (χ4n) is 2.90. The van der Waals surface area contributed by atoms with Crippen LogP contribution < -0.4 is 15.4 Å². The number of nitriles is 1. The molecule has 6 nitrogen and oxygen atoms in total. The fraction of sp³-hybridized carbons (Fsp3) is 0.160. The molecule has 3 rings (SSSR count). The minimum atomic E-state index is -0.290. The highest BCUT2D eigenvalue weighted by Crippen LogP contribution is 2.18. The van der Waals surface area contributed by atoms with E-state index in [2.05, 4.69) is 16.7 Å². The number of nitrogens with one attached hydrogen (secondary N) is 2. The second-order valence-corrected chi connectivity index (χ2v) is 7.25. The highest BCUT2D eigenvalue weighted by Gasteiger charge is 2.10. The van der Waals surface area contributed by atoms with E-state index in [1.165, 1.54) is 0 Å². The molecule has 0 aliphatic heterocycles. The topological polar surface area (TPSA) is 91.2 Å². The van der Waals surface area contributed by atoms with Gasteiger partial charge in [-0.15, -0.1) is 0 Å². The lowest BCUT2D eigenvalue weighted by Crippen LogP contribution is -2.30. The van der Waals surface area contributed by atoms with Crippen molar-refractivity contribution in [1.29, 1.82) is 5.26 Å². The van der Waals surface area contributed by atoms with Gasteiger partial charge in [0.1, 0.15) is 12.4 Å². The van der Waals surface area contributed by atoms with Crippen LogP contribution in [0.1, 0.15) is 45.7 Å². The van der Waals surface area contributed by atoms with Gasteiger partial charge in [0.25, 0.3) is 11.8 Å². The van der Waals surface area contributed by atoms with Crippen molar-refractivity contribution in [2.75, 3.05) is 5.32 Å². The average Bonchev–Trinajstić information content (AvgIpc) is 2.78. The maximum Gasteiger partial charge on any atom is 0.255 e. The molecule has 0 aliphatic rings. The zero-order valence-corrected chi connectivity index (χ0v) is 17.4. The van der Waals surface area contributed by atoms with Gasteiger partial charge in [-0.2, -0.15) is 5.26 Å². The number of benzene rings is 3. The van der Waals surface area contributed by atoms with Crippen LogP contribution in [0.5, 0.6) is 5.75 Å². The van der Waals surface area contributed by atoms with Crippen molar-refractivity contribution in [2.24, 2.45) is 0 Å². The van der Waals surface area contributed by atoms with E-state index in [0.29, 0.717) is 28.1 Å². The third-order valence-electron chi connectivity index (χ3n) is 4.45. The average molecular weight is 413 g/mol. The minimum absolute atomic E-state index is 0.0507. The Bertz CT molecular complexity index is 1120. The Morgan fingerprint density at radius 3 is 2.39 bits per heavy atom. The fourth-order valence-corrected chi connectivity index (χ4v) is 2.90. The molecule has 3 aromatic rings. The van der Waals surface area contributed by atoms with E-state index >= 15 is 0 Å². The molecule has 0 atom stereocenters. The summed E-state index contributed by atoms with van der Waals surface area (Å²) in [6.07, 6.45) is 0. The highest BCUT2D eigenvalue weighted by atomic mass is 16.5. The molecule has 2 N–H and O–H groups in total. The van der Waals surface area contributed by atoms with Gasteiger partial charge in [-0.1, -0.05) is 24.3 Å². The van der Waals surface area contributed by atoms with E-state index in [-0.39, 0.29) is 24.5 Å². The summed E-state index contributed by atoms with van der Waals surface area (Å²) < 4.78 is 5.77. The lowest BCUT2D eigenvalue weighted by atomic mass is 10.1. The SMILES string of the molecule is CC(C)NC(=O)c1ccc(NC(=O)c2cccc(OCc3ccccc3C#N)c2)cc1. The maximum atomic E-state index is 12.6. The first-order chi connectivity index (χ1) is 15.0. The van der Waals surface area contributed by atoms with Crippen molar-refractivity contribution in [1.82, 2.24) is 5.32 Å². The molecule has 0 saturated heterocycles. The third-order valence-corrected chi connectivity index (χ3v) is 4.45. The molecule has 6 heteroatoms. The molecule has 0 bridgehead atoms. The summed E-state index contributed by atoms with van der Waals surface area (Å²) in [5.41, 5.74) is 2.89. The van der Waals surface area contributed by atoms with Crippen molar-refractivity contribution < 1.29 is 14.3 Å². The van der Waals surface area contributed by atoms with Crippen molar-refractivity contribution >= 4 is 17.5 Å². The number of ether oxygens (including phenoxy) is 1. The van der Waals surface area contributed by atoms with Gasteiger partial charge in [0.05, 0.1) is 11.6 Å². The van der Waals surface area contributed by atoms with Crippen molar-refractivity contribution in [2.45, 2.75) is 26.5 Å². The summed E-state index contributed by atoms with van der Waals surface area (Å²) in [6, 6.07) is 22.9. The Labute approximate surface area is 181 Å². The summed E-state index contributed by atoms with van der Waals surface area (Å²) in [7, 11) is 0. The number of carbonyl (C=O) groups excluding carboxylic acids is 2. The van der Waals surface area contributed by atoms with Gasteiger partial charge in [0.2, 0.25) is 0 Å². The predicted octanol–water partition coefficient (Wildman–Crippen LogP) is 4.53. The van der Waals surface area contributed by atoms with Crippen LogP contribution in [-0.2, 0) is 6.61 Å². The van der Waals surface area contributed by atoms with E-state index < -0.39 is 0 Å². The zero-order valence-electron chi connectivity index (χ0n) is 17.4. The van der Waals surface area contributed by atoms with Crippen molar-refractivity contribution in [3.05, 3.63) is 95.1 Å². The van der Waals surface area contributed by atoms with E-state index in [9.17, 15) is 14.9 Å². The van der Waals surface area contributed by atoms with Crippen LogP contribution in [0.2, 0.25) is 0 Å². The second kappa shape index (κ2) is 10.1. The van der Waals surface area contributed by atoms with E-state index in [1.54, 1.807) is 60.7 Å². The largest absolute Gasteiger partial charge is 0.489 e. The zero-order chi connectivity index (χ0) is 22.2. The Morgan fingerprint density at radius 1 is 0.935 bits per heavy atom. The van der Waals surface area contributed by atoms with E-state index in [0.717, 1.165) is 5.56 Å². The molecule has 31 heavy (non-hydrogen) atoms. The van der Waals surface area contributed by atoms with E-state index in [4.69, 9.17) is 4.74 Å². The first-order valence-electron chi connectivity index (χ1n) is 9.89. The predicted molar refractivity (Wildman–Crippen MR) is 119 cm³/mol. The number of rotatable bonds is 7. The van der Waals surface area contributed by atoms with Gasteiger partial charge in [0.15, 0.2) is 0 Å². The number of hydrogen-bond donors (Lipinski definition) is 2. The lowest BCUT2D eigenvalue weighted by molar-refractivity contribution is 0.0942.